The summed E-state index contributed by atoms with van der Waals surface area (Å²) < 4.78 is 30.7. The third-order valence-corrected chi connectivity index (χ3v) is 10.4. The summed E-state index contributed by atoms with van der Waals surface area (Å²) in [5.74, 6) is 2.60. The third kappa shape index (κ3) is 4.98. The SMILES string of the molecule is C#C[C@H](CCS(=O)(=O)c1ccccc1)O[Si](C)(C)C(C)(C)C. The van der Waals surface area contributed by atoms with E-state index in [1.165, 1.54) is 0 Å². The molecule has 0 amide bonds. The fourth-order valence-corrected chi connectivity index (χ4v) is 4.30. The Labute approximate surface area is 136 Å². The van der Waals surface area contributed by atoms with E-state index in [0.29, 0.717) is 11.3 Å². The summed E-state index contributed by atoms with van der Waals surface area (Å²) in [5, 5.41) is 0.0421. The predicted molar refractivity (Wildman–Crippen MR) is 94.0 cm³/mol. The number of sulfone groups is 1. The zero-order chi connectivity index (χ0) is 17.0. The molecule has 0 fully saturated rings. The summed E-state index contributed by atoms with van der Waals surface area (Å²) in [6, 6.07) is 8.45. The van der Waals surface area contributed by atoms with Crippen LogP contribution in [-0.4, -0.2) is 28.6 Å². The highest BCUT2D eigenvalue weighted by atomic mass is 32.2. The zero-order valence-corrected chi connectivity index (χ0v) is 15.9. The highest BCUT2D eigenvalue weighted by Gasteiger charge is 2.39. The van der Waals surface area contributed by atoms with Crippen molar-refractivity contribution in [2.45, 2.75) is 56.3 Å². The summed E-state index contributed by atoms with van der Waals surface area (Å²) in [6.07, 6.45) is 5.40. The molecule has 1 atom stereocenters. The van der Waals surface area contributed by atoms with E-state index in [-0.39, 0.29) is 10.8 Å². The zero-order valence-electron chi connectivity index (χ0n) is 14.1. The summed E-state index contributed by atoms with van der Waals surface area (Å²) in [4.78, 5) is 0.332. The van der Waals surface area contributed by atoms with Gasteiger partial charge in [-0.1, -0.05) is 44.9 Å². The first-order chi connectivity index (χ1) is 9.99. The van der Waals surface area contributed by atoms with Crippen LogP contribution in [0.1, 0.15) is 27.2 Å². The molecule has 0 saturated heterocycles. The van der Waals surface area contributed by atoms with E-state index in [2.05, 4.69) is 39.8 Å². The molecule has 0 bridgehead atoms. The molecule has 0 aliphatic rings. The summed E-state index contributed by atoms with van der Waals surface area (Å²) in [5.41, 5.74) is 0. The Hall–Kier alpha value is -1.09. The van der Waals surface area contributed by atoms with Gasteiger partial charge in [0.1, 0.15) is 6.10 Å². The molecule has 1 aromatic carbocycles. The van der Waals surface area contributed by atoms with E-state index >= 15 is 0 Å². The lowest BCUT2D eigenvalue weighted by Crippen LogP contribution is -2.44. The second-order valence-corrected chi connectivity index (χ2v) is 13.8. The molecule has 0 unspecified atom stereocenters. The van der Waals surface area contributed by atoms with Crippen LogP contribution in [0.2, 0.25) is 18.1 Å². The molecule has 22 heavy (non-hydrogen) atoms. The molecule has 1 aromatic rings. The van der Waals surface area contributed by atoms with E-state index in [9.17, 15) is 8.42 Å². The van der Waals surface area contributed by atoms with Crippen molar-refractivity contribution >= 4 is 18.2 Å². The van der Waals surface area contributed by atoms with Crippen molar-refractivity contribution in [3.05, 3.63) is 30.3 Å². The summed E-state index contributed by atoms with van der Waals surface area (Å²) in [6.45, 7) is 10.6. The van der Waals surface area contributed by atoms with Gasteiger partial charge < -0.3 is 4.43 Å². The Morgan fingerprint density at radius 1 is 1.23 bits per heavy atom. The van der Waals surface area contributed by atoms with Gasteiger partial charge in [-0.05, 0) is 36.7 Å². The quantitative estimate of drug-likeness (QED) is 0.584. The largest absolute Gasteiger partial charge is 0.403 e. The normalized spacial score (nSPS) is 14.4. The monoisotopic (exact) mass is 338 g/mol. The molecule has 0 aliphatic carbocycles. The Bertz CT molecular complexity index is 622. The van der Waals surface area contributed by atoms with Gasteiger partial charge in [0.05, 0.1) is 10.6 Å². The van der Waals surface area contributed by atoms with E-state index < -0.39 is 24.3 Å². The van der Waals surface area contributed by atoms with Gasteiger partial charge in [0.25, 0.3) is 0 Å². The fourth-order valence-electron chi connectivity index (χ4n) is 1.72. The molecule has 0 N–H and O–H groups in total. The molecular formula is C17H26O3SSi. The van der Waals surface area contributed by atoms with Gasteiger partial charge in [-0.3, -0.25) is 0 Å². The maximum Gasteiger partial charge on any atom is 0.193 e. The van der Waals surface area contributed by atoms with Crippen LogP contribution in [0.15, 0.2) is 35.2 Å². The topological polar surface area (TPSA) is 43.4 Å². The fraction of sp³-hybridized carbons (Fsp3) is 0.529. The summed E-state index contributed by atoms with van der Waals surface area (Å²) in [7, 11) is -5.32. The molecule has 0 saturated carbocycles. The lowest BCUT2D eigenvalue weighted by Gasteiger charge is -2.38. The van der Waals surface area contributed by atoms with Crippen molar-refractivity contribution in [3.8, 4) is 12.3 Å². The van der Waals surface area contributed by atoms with Gasteiger partial charge in [0.15, 0.2) is 18.2 Å². The number of hydrogen-bond donors (Lipinski definition) is 0. The standard InChI is InChI=1S/C17H26O3SSi/c1-7-15(20-22(5,6)17(2,3)4)13-14-21(18,19)16-11-9-8-10-12-16/h1,8-12,15H,13-14H2,2-6H3/t15-/m1/s1. The minimum atomic E-state index is -3.32. The predicted octanol–water partition coefficient (Wildman–Crippen LogP) is 3.87. The van der Waals surface area contributed by atoms with Gasteiger partial charge in [-0.2, -0.15) is 0 Å². The third-order valence-electron chi connectivity index (χ3n) is 4.18. The molecule has 122 valence electrons. The first-order valence-electron chi connectivity index (χ1n) is 7.41. The molecule has 0 aromatic heterocycles. The highest BCUT2D eigenvalue weighted by Crippen LogP contribution is 2.37. The minimum Gasteiger partial charge on any atom is -0.403 e. The smallest absolute Gasteiger partial charge is 0.193 e. The van der Waals surface area contributed by atoms with Crippen molar-refractivity contribution in [2.24, 2.45) is 0 Å². The maximum absolute atomic E-state index is 12.3. The second-order valence-electron chi connectivity index (χ2n) is 6.95. The molecule has 0 spiro atoms. The van der Waals surface area contributed by atoms with Crippen molar-refractivity contribution in [2.75, 3.05) is 5.75 Å². The summed E-state index contributed by atoms with van der Waals surface area (Å²) >= 11 is 0. The van der Waals surface area contributed by atoms with Crippen LogP contribution in [0.25, 0.3) is 0 Å². The number of terminal acetylenes is 1. The van der Waals surface area contributed by atoms with Gasteiger partial charge in [0, 0.05) is 0 Å². The van der Waals surface area contributed by atoms with E-state index in [4.69, 9.17) is 10.8 Å². The number of hydrogen-bond acceptors (Lipinski definition) is 3. The second kappa shape index (κ2) is 6.99. The van der Waals surface area contributed by atoms with E-state index in [1.807, 2.05) is 0 Å². The molecular weight excluding hydrogens is 312 g/mol. The van der Waals surface area contributed by atoms with Crippen LogP contribution in [0.5, 0.6) is 0 Å². The molecule has 0 radical (unpaired) electrons. The van der Waals surface area contributed by atoms with Crippen LogP contribution in [0.4, 0.5) is 0 Å². The highest BCUT2D eigenvalue weighted by molar-refractivity contribution is 7.91. The van der Waals surface area contributed by atoms with Gasteiger partial charge in [0.2, 0.25) is 0 Å². The molecule has 0 aliphatic heterocycles. The Morgan fingerprint density at radius 3 is 2.23 bits per heavy atom. The van der Waals surface area contributed by atoms with Crippen LogP contribution >= 0.6 is 0 Å². The van der Waals surface area contributed by atoms with Crippen molar-refractivity contribution < 1.29 is 12.8 Å². The molecule has 0 heterocycles. The van der Waals surface area contributed by atoms with Gasteiger partial charge >= 0.3 is 0 Å². The molecule has 3 nitrogen and oxygen atoms in total. The van der Waals surface area contributed by atoms with Crippen molar-refractivity contribution in [3.63, 3.8) is 0 Å². The first kappa shape index (κ1) is 19.0. The van der Waals surface area contributed by atoms with Crippen LogP contribution < -0.4 is 0 Å². The maximum atomic E-state index is 12.3. The number of benzene rings is 1. The van der Waals surface area contributed by atoms with E-state index in [0.717, 1.165) is 0 Å². The number of rotatable bonds is 6. The average molecular weight is 339 g/mol. The Morgan fingerprint density at radius 2 is 1.77 bits per heavy atom. The van der Waals surface area contributed by atoms with Crippen LogP contribution in [-0.2, 0) is 14.3 Å². The Kier molecular flexibility index (Phi) is 6.02. The van der Waals surface area contributed by atoms with Gasteiger partial charge in [-0.25, -0.2) is 8.42 Å². The lowest BCUT2D eigenvalue weighted by atomic mass is 10.2. The van der Waals surface area contributed by atoms with Gasteiger partial charge in [-0.15, -0.1) is 6.42 Å². The first-order valence-corrected chi connectivity index (χ1v) is 12.0. The van der Waals surface area contributed by atoms with E-state index in [1.54, 1.807) is 30.3 Å². The molecule has 5 heteroatoms. The average Bonchev–Trinajstić information content (AvgIpc) is 2.43. The Balaban J connectivity index is 2.76. The van der Waals surface area contributed by atoms with Crippen molar-refractivity contribution in [1.29, 1.82) is 0 Å². The minimum absolute atomic E-state index is 0.000499. The van der Waals surface area contributed by atoms with Crippen LogP contribution in [0, 0.1) is 12.3 Å². The lowest BCUT2D eigenvalue weighted by molar-refractivity contribution is 0.230. The molecule has 1 rings (SSSR count). The van der Waals surface area contributed by atoms with Crippen molar-refractivity contribution in [1.82, 2.24) is 0 Å². The van der Waals surface area contributed by atoms with Crippen LogP contribution in [0.3, 0.4) is 0 Å².